The molecule has 1 aliphatic rings. The van der Waals surface area contributed by atoms with Gasteiger partial charge in [-0.05, 0) is 0 Å². The molecule has 3 rings (SSSR count). The Hall–Kier alpha value is -0.680. The average Bonchev–Trinajstić information content (AvgIpc) is 2.53. The summed E-state index contributed by atoms with van der Waals surface area (Å²) in [6, 6.07) is 1.70. The second kappa shape index (κ2) is 1.56. The van der Waals surface area contributed by atoms with Crippen LogP contribution in [0, 0.1) is 0 Å². The summed E-state index contributed by atoms with van der Waals surface area (Å²) in [4.78, 5) is 1.28. The molecule has 1 aliphatic heterocycles. The molecule has 0 saturated carbocycles. The van der Waals surface area contributed by atoms with Gasteiger partial charge in [-0.2, -0.15) is 0 Å². The lowest BCUT2D eigenvalue weighted by atomic mass is 10.3. The highest BCUT2D eigenvalue weighted by molar-refractivity contribution is 7.82. The van der Waals surface area contributed by atoms with Crippen LogP contribution in [-0.4, -0.2) is 4.21 Å². The Balaban J connectivity index is 2.60. The van der Waals surface area contributed by atoms with Gasteiger partial charge in [-0.1, -0.05) is 0 Å². The van der Waals surface area contributed by atoms with E-state index in [1.165, 1.54) is 0 Å². The second-order valence-corrected chi connectivity index (χ2v) is 3.82. The monoisotopic (exact) mass is 186 g/mol. The fraction of sp³-hybridized carbons (Fsp3) is 0. The Kier molecular flexibility index (Phi) is 0.839. The molecule has 0 radical (unpaired) electrons. The molecule has 0 amide bonds. The van der Waals surface area contributed by atoms with Crippen molar-refractivity contribution < 1.29 is 12.8 Å². The van der Waals surface area contributed by atoms with Crippen molar-refractivity contribution in [2.24, 2.45) is 0 Å². The van der Waals surface area contributed by atoms with E-state index in [0.29, 0.717) is 26.7 Å². The molecule has 0 aliphatic carbocycles. The SMILES string of the molecule is O=S1Oc2c(S)c3cc1c2o3. The van der Waals surface area contributed by atoms with Gasteiger partial charge in [0.2, 0.25) is 16.8 Å². The van der Waals surface area contributed by atoms with Gasteiger partial charge < -0.3 is 8.60 Å². The van der Waals surface area contributed by atoms with Crippen LogP contribution in [0.15, 0.2) is 20.3 Å². The third-order valence-corrected chi connectivity index (χ3v) is 3.10. The first kappa shape index (κ1) is 5.91. The van der Waals surface area contributed by atoms with Gasteiger partial charge in [0.15, 0.2) is 5.58 Å². The minimum atomic E-state index is -1.37. The molecule has 0 saturated heterocycles. The van der Waals surface area contributed by atoms with E-state index in [0.717, 1.165) is 0 Å². The normalized spacial score (nSPS) is 21.4. The quantitative estimate of drug-likeness (QED) is 0.635. The summed E-state index contributed by atoms with van der Waals surface area (Å²) in [6.07, 6.45) is 0. The Morgan fingerprint density at radius 2 is 2.36 bits per heavy atom. The summed E-state index contributed by atoms with van der Waals surface area (Å²) in [7, 11) is 0. The van der Waals surface area contributed by atoms with Crippen molar-refractivity contribution in [2.45, 2.75) is 9.79 Å². The van der Waals surface area contributed by atoms with Gasteiger partial charge in [0.1, 0.15) is 10.5 Å². The first-order valence-electron chi connectivity index (χ1n) is 2.95. The van der Waals surface area contributed by atoms with Crippen molar-refractivity contribution in [1.29, 1.82) is 0 Å². The van der Waals surface area contributed by atoms with E-state index in [4.69, 9.17) is 8.60 Å². The number of fused-ring (bicyclic) bond motifs is 1. The van der Waals surface area contributed by atoms with E-state index in [2.05, 4.69) is 12.6 Å². The summed E-state index contributed by atoms with van der Waals surface area (Å²) in [5.41, 5.74) is 1.24. The Labute approximate surface area is 69.7 Å². The maximum absolute atomic E-state index is 11.1. The fourth-order valence-corrected chi connectivity index (χ4v) is 2.40. The third kappa shape index (κ3) is 0.509. The Morgan fingerprint density at radius 3 is 3.00 bits per heavy atom. The van der Waals surface area contributed by atoms with E-state index >= 15 is 0 Å². The van der Waals surface area contributed by atoms with Crippen molar-refractivity contribution in [1.82, 2.24) is 0 Å². The summed E-state index contributed by atoms with van der Waals surface area (Å²) in [5.74, 6) is 0.527. The summed E-state index contributed by atoms with van der Waals surface area (Å²) in [5, 5.41) is 0. The number of thiol groups is 1. The van der Waals surface area contributed by atoms with Crippen molar-refractivity contribution >= 4 is 34.9 Å². The van der Waals surface area contributed by atoms with Gasteiger partial charge in [0, 0.05) is 6.07 Å². The molecule has 1 unspecified atom stereocenters. The summed E-state index contributed by atoms with van der Waals surface area (Å²) in [6.45, 7) is 0. The number of benzene rings is 1. The van der Waals surface area contributed by atoms with Crippen LogP contribution >= 0.6 is 12.6 Å². The minimum Gasteiger partial charge on any atom is -0.451 e. The number of furan rings is 2. The minimum absolute atomic E-state index is 0.527. The molecule has 2 aromatic heterocycles. The number of hydrogen-bond acceptors (Lipinski definition) is 4. The Bertz CT molecular complexity index is 459. The van der Waals surface area contributed by atoms with Crippen LogP contribution in [0.4, 0.5) is 0 Å². The van der Waals surface area contributed by atoms with E-state index in [1.54, 1.807) is 6.07 Å². The van der Waals surface area contributed by atoms with Gasteiger partial charge in [-0.25, -0.2) is 4.21 Å². The molecular weight excluding hydrogens is 184 g/mol. The molecule has 0 N–H and O–H groups in total. The molecule has 3 heterocycles. The largest absolute Gasteiger partial charge is 0.451 e. The van der Waals surface area contributed by atoms with Crippen molar-refractivity contribution in [3.8, 4) is 5.75 Å². The van der Waals surface area contributed by atoms with Gasteiger partial charge in [-0.15, -0.1) is 12.6 Å². The van der Waals surface area contributed by atoms with Gasteiger partial charge >= 0.3 is 0 Å². The van der Waals surface area contributed by atoms with Gasteiger partial charge in [-0.3, -0.25) is 0 Å². The summed E-state index contributed by atoms with van der Waals surface area (Å²) >= 11 is 2.77. The van der Waals surface area contributed by atoms with Crippen LogP contribution in [0.25, 0.3) is 11.2 Å². The molecule has 0 spiro atoms. The maximum atomic E-state index is 11.1. The lowest BCUT2D eigenvalue weighted by molar-refractivity contribution is 0.570. The summed E-state index contributed by atoms with van der Waals surface area (Å²) < 4.78 is 21.3. The number of hydrogen-bond donors (Lipinski definition) is 1. The highest BCUT2D eigenvalue weighted by atomic mass is 32.2. The molecule has 2 aromatic rings. The first-order chi connectivity index (χ1) is 5.27. The van der Waals surface area contributed by atoms with E-state index in [1.807, 2.05) is 0 Å². The Morgan fingerprint density at radius 1 is 1.55 bits per heavy atom. The predicted octanol–water partition coefficient (Wildman–Crippen LogP) is 1.57. The zero-order valence-corrected chi connectivity index (χ0v) is 6.87. The van der Waals surface area contributed by atoms with Crippen LogP contribution in [0.2, 0.25) is 0 Å². The molecule has 11 heavy (non-hydrogen) atoms. The van der Waals surface area contributed by atoms with E-state index in [9.17, 15) is 4.21 Å². The highest BCUT2D eigenvalue weighted by Gasteiger charge is 2.32. The molecular formula is C6H2O3S2. The van der Waals surface area contributed by atoms with Crippen LogP contribution in [0.3, 0.4) is 0 Å². The van der Waals surface area contributed by atoms with Crippen LogP contribution < -0.4 is 4.18 Å². The van der Waals surface area contributed by atoms with E-state index in [-0.39, 0.29) is 0 Å². The molecule has 2 bridgehead atoms. The van der Waals surface area contributed by atoms with Crippen LogP contribution in [0.1, 0.15) is 0 Å². The maximum Gasteiger partial charge on any atom is 0.244 e. The van der Waals surface area contributed by atoms with Crippen molar-refractivity contribution in [3.05, 3.63) is 6.07 Å². The fourth-order valence-electron chi connectivity index (χ4n) is 1.19. The molecule has 1 atom stereocenters. The van der Waals surface area contributed by atoms with Crippen LogP contribution in [-0.2, 0) is 11.1 Å². The number of rotatable bonds is 0. The molecule has 0 aromatic carbocycles. The molecule has 3 nitrogen and oxygen atoms in total. The molecule has 56 valence electrons. The second-order valence-electron chi connectivity index (χ2n) is 2.30. The third-order valence-electron chi connectivity index (χ3n) is 1.69. The predicted molar refractivity (Wildman–Crippen MR) is 41.7 cm³/mol. The smallest absolute Gasteiger partial charge is 0.244 e. The molecule has 5 heteroatoms. The zero-order chi connectivity index (χ0) is 7.59. The van der Waals surface area contributed by atoms with Crippen LogP contribution in [0.5, 0.6) is 5.75 Å². The lowest BCUT2D eigenvalue weighted by Gasteiger charge is -1.88. The van der Waals surface area contributed by atoms with Crippen molar-refractivity contribution in [3.63, 3.8) is 0 Å². The average molecular weight is 186 g/mol. The first-order valence-corrected chi connectivity index (χ1v) is 4.47. The van der Waals surface area contributed by atoms with Crippen molar-refractivity contribution in [2.75, 3.05) is 0 Å². The highest BCUT2D eigenvalue weighted by Crippen LogP contribution is 2.47. The topological polar surface area (TPSA) is 39.4 Å². The standard InChI is InChI=1S/C6H2O3S2/c7-11-3-1-2-6(10)5(9-11)4(3)8-2/h1,10H. The van der Waals surface area contributed by atoms with Gasteiger partial charge in [0.05, 0.1) is 4.90 Å². The zero-order valence-electron chi connectivity index (χ0n) is 5.16. The van der Waals surface area contributed by atoms with Gasteiger partial charge in [0.25, 0.3) is 0 Å². The van der Waals surface area contributed by atoms with E-state index < -0.39 is 11.1 Å². The molecule has 0 fully saturated rings. The lowest BCUT2D eigenvalue weighted by Crippen LogP contribution is -1.90.